The minimum absolute atomic E-state index is 0.445. The normalized spacial score (nSPS) is 33.9. The van der Waals surface area contributed by atoms with E-state index in [1.807, 2.05) is 0 Å². The molecule has 1 saturated heterocycles. The highest BCUT2D eigenvalue weighted by atomic mass is 16.6. The van der Waals surface area contributed by atoms with Crippen molar-refractivity contribution in [2.24, 2.45) is 0 Å². The topological polar surface area (TPSA) is 124 Å². The van der Waals surface area contributed by atoms with E-state index in [4.69, 9.17) is 20.4 Å². The maximum Gasteiger partial charge on any atom is 0.338 e. The fraction of sp³-hybridized carbons (Fsp3) is 0.714. The summed E-state index contributed by atoms with van der Waals surface area (Å²) in [6.45, 7) is 0. The summed E-state index contributed by atoms with van der Waals surface area (Å²) in [6, 6.07) is 0. The molecule has 14 heavy (non-hydrogen) atoms. The van der Waals surface area contributed by atoms with Crippen LogP contribution in [0.2, 0.25) is 0 Å². The molecule has 0 aliphatic carbocycles. The Morgan fingerprint density at radius 2 is 2.07 bits per heavy atom. The summed E-state index contributed by atoms with van der Waals surface area (Å²) in [7, 11) is 0. The quantitative estimate of drug-likeness (QED) is 0.375. The third-order valence-corrected chi connectivity index (χ3v) is 1.95. The van der Waals surface area contributed by atoms with Gasteiger partial charge in [0.25, 0.3) is 0 Å². The van der Waals surface area contributed by atoms with Crippen LogP contribution in [0.15, 0.2) is 0 Å². The van der Waals surface area contributed by atoms with E-state index in [1.54, 1.807) is 0 Å². The van der Waals surface area contributed by atoms with Crippen LogP contribution in [-0.4, -0.2) is 56.8 Å². The average molecular weight is 206 g/mol. The van der Waals surface area contributed by atoms with Gasteiger partial charge in [0.2, 0.25) is 0 Å². The Hall–Kier alpha value is -1.18. The Kier molecular flexibility index (Phi) is 3.04. The number of hydrogen-bond acceptors (Lipinski definition) is 6. The van der Waals surface area contributed by atoms with E-state index >= 15 is 0 Å². The third kappa shape index (κ3) is 2.00. The number of hydrogen-bond donors (Lipinski definition) is 4. The van der Waals surface area contributed by atoms with Gasteiger partial charge >= 0.3 is 11.9 Å². The van der Waals surface area contributed by atoms with Gasteiger partial charge in [-0.05, 0) is 0 Å². The van der Waals surface area contributed by atoms with E-state index in [0.717, 1.165) is 0 Å². The second-order valence-corrected chi connectivity index (χ2v) is 3.00. The predicted molar refractivity (Wildman–Crippen MR) is 40.2 cm³/mol. The van der Waals surface area contributed by atoms with Gasteiger partial charge in [0, 0.05) is 6.42 Å². The van der Waals surface area contributed by atoms with Gasteiger partial charge in [-0.3, -0.25) is 0 Å². The highest BCUT2D eigenvalue weighted by molar-refractivity contribution is 5.78. The van der Waals surface area contributed by atoms with Gasteiger partial charge in [-0.15, -0.1) is 0 Å². The monoisotopic (exact) mass is 206 g/mol. The van der Waals surface area contributed by atoms with Crippen LogP contribution in [0.4, 0.5) is 0 Å². The smallest absolute Gasteiger partial charge is 0.338 e. The van der Waals surface area contributed by atoms with E-state index in [2.05, 4.69) is 4.74 Å². The van der Waals surface area contributed by atoms with Crippen molar-refractivity contribution in [3.05, 3.63) is 0 Å². The summed E-state index contributed by atoms with van der Waals surface area (Å²) in [6.07, 6.45) is -6.51. The number of carbonyl (C=O) groups excluding carboxylic acids is 1. The number of rotatable bonds is 3. The van der Waals surface area contributed by atoms with Crippen LogP contribution in [-0.2, 0) is 14.3 Å². The first kappa shape index (κ1) is 10.9. The maximum absolute atomic E-state index is 10.7. The predicted octanol–water partition coefficient (Wildman–Crippen LogP) is -2.53. The Bertz CT molecular complexity index is 250. The fourth-order valence-corrected chi connectivity index (χ4v) is 1.14. The molecule has 0 bridgehead atoms. The van der Waals surface area contributed by atoms with Gasteiger partial charge in [0.05, 0.1) is 0 Å². The molecule has 4 N–H and O–H groups in total. The molecule has 0 amide bonds. The molecule has 0 radical (unpaired) electrons. The van der Waals surface area contributed by atoms with Gasteiger partial charge in [-0.1, -0.05) is 0 Å². The Morgan fingerprint density at radius 3 is 2.43 bits per heavy atom. The van der Waals surface area contributed by atoms with Crippen molar-refractivity contribution in [3.8, 4) is 0 Å². The number of esters is 1. The summed E-state index contributed by atoms with van der Waals surface area (Å²) < 4.78 is 4.44. The van der Waals surface area contributed by atoms with Crippen LogP contribution in [0.25, 0.3) is 0 Å². The van der Waals surface area contributed by atoms with Crippen LogP contribution in [0.3, 0.4) is 0 Å². The van der Waals surface area contributed by atoms with Crippen molar-refractivity contribution in [2.75, 3.05) is 0 Å². The molecule has 0 unspecified atom stereocenters. The lowest BCUT2D eigenvalue weighted by atomic mass is 10.1. The van der Waals surface area contributed by atoms with Crippen LogP contribution >= 0.6 is 0 Å². The first-order chi connectivity index (χ1) is 6.43. The zero-order chi connectivity index (χ0) is 10.9. The van der Waals surface area contributed by atoms with Gasteiger partial charge in [-0.2, -0.15) is 0 Å². The van der Waals surface area contributed by atoms with E-state index < -0.39 is 42.8 Å². The van der Waals surface area contributed by atoms with Crippen molar-refractivity contribution >= 4 is 11.9 Å². The van der Waals surface area contributed by atoms with Gasteiger partial charge in [-0.25, -0.2) is 9.59 Å². The van der Waals surface area contributed by atoms with Crippen molar-refractivity contribution in [3.63, 3.8) is 0 Å². The number of aliphatic hydroxyl groups is 3. The van der Waals surface area contributed by atoms with Crippen molar-refractivity contribution in [2.45, 2.75) is 30.8 Å². The number of aliphatic carboxylic acids is 1. The molecule has 0 spiro atoms. The van der Waals surface area contributed by atoms with E-state index in [0.29, 0.717) is 0 Å². The number of carboxylic acid groups (broad SMARTS) is 1. The molecule has 7 heteroatoms. The molecule has 4 atom stereocenters. The number of carbonyl (C=O) groups is 2. The lowest BCUT2D eigenvalue weighted by molar-refractivity contribution is -0.153. The molecule has 1 fully saturated rings. The molecular weight excluding hydrogens is 196 g/mol. The largest absolute Gasteiger partial charge is 0.479 e. The second kappa shape index (κ2) is 3.91. The molecule has 7 nitrogen and oxygen atoms in total. The standard InChI is InChI=1S/C7H10O7/c8-2(6(11)12)1-3-4(9)5(10)7(13)14-3/h2-5,8-10H,1H2,(H,11,12)/t2-,3+,4-,5-/m1/s1. The minimum atomic E-state index is -1.73. The Morgan fingerprint density at radius 1 is 1.50 bits per heavy atom. The Labute approximate surface area is 78.5 Å². The molecular formula is C7H10O7. The summed E-state index contributed by atoms with van der Waals surface area (Å²) in [5.74, 6) is -2.49. The SMILES string of the molecule is O=C(O)[C@H](O)C[C@@H]1OC(=O)[C@H](O)[C@@H]1O. The summed E-state index contributed by atoms with van der Waals surface area (Å²) in [5, 5.41) is 35.3. The molecule has 1 aliphatic rings. The molecule has 0 saturated carbocycles. The van der Waals surface area contributed by atoms with Gasteiger partial charge in [0.1, 0.15) is 12.2 Å². The summed E-state index contributed by atoms with van der Waals surface area (Å²) in [4.78, 5) is 20.9. The zero-order valence-corrected chi connectivity index (χ0v) is 7.03. The minimum Gasteiger partial charge on any atom is -0.479 e. The molecule has 0 aromatic heterocycles. The molecule has 0 aromatic rings. The number of aliphatic hydroxyl groups excluding tert-OH is 3. The van der Waals surface area contributed by atoms with Crippen LogP contribution < -0.4 is 0 Å². The maximum atomic E-state index is 10.7. The lowest BCUT2D eigenvalue weighted by Crippen LogP contribution is -2.35. The van der Waals surface area contributed by atoms with E-state index in [9.17, 15) is 9.59 Å². The van der Waals surface area contributed by atoms with Gasteiger partial charge in [0.15, 0.2) is 12.2 Å². The zero-order valence-electron chi connectivity index (χ0n) is 7.03. The summed E-state index contributed by atoms with van der Waals surface area (Å²) >= 11 is 0. The number of carboxylic acids is 1. The number of cyclic esters (lactones) is 1. The number of ether oxygens (including phenoxy) is 1. The summed E-state index contributed by atoms with van der Waals surface area (Å²) in [5.41, 5.74) is 0. The second-order valence-electron chi connectivity index (χ2n) is 3.00. The third-order valence-electron chi connectivity index (χ3n) is 1.95. The highest BCUT2D eigenvalue weighted by Crippen LogP contribution is 2.19. The lowest BCUT2D eigenvalue weighted by Gasteiger charge is -2.14. The van der Waals surface area contributed by atoms with Crippen LogP contribution in [0.5, 0.6) is 0 Å². The fourth-order valence-electron chi connectivity index (χ4n) is 1.14. The first-order valence-electron chi connectivity index (χ1n) is 3.91. The van der Waals surface area contributed by atoms with Crippen LogP contribution in [0.1, 0.15) is 6.42 Å². The van der Waals surface area contributed by atoms with Crippen molar-refractivity contribution in [1.29, 1.82) is 0 Å². The molecule has 80 valence electrons. The average Bonchev–Trinajstić information content (AvgIpc) is 2.33. The van der Waals surface area contributed by atoms with Gasteiger partial charge < -0.3 is 25.2 Å². The van der Waals surface area contributed by atoms with E-state index in [1.165, 1.54) is 0 Å². The molecule has 1 heterocycles. The van der Waals surface area contributed by atoms with E-state index in [-0.39, 0.29) is 0 Å². The molecule has 1 rings (SSSR count). The first-order valence-corrected chi connectivity index (χ1v) is 3.91. The van der Waals surface area contributed by atoms with Crippen molar-refractivity contribution < 1.29 is 34.8 Å². The van der Waals surface area contributed by atoms with Crippen molar-refractivity contribution in [1.82, 2.24) is 0 Å². The Balaban J connectivity index is 2.55. The molecule has 1 aliphatic heterocycles. The highest BCUT2D eigenvalue weighted by Gasteiger charge is 2.43. The molecule has 0 aromatic carbocycles. The van der Waals surface area contributed by atoms with Crippen LogP contribution in [0, 0.1) is 0 Å².